The maximum atomic E-state index is 13.7. The van der Waals surface area contributed by atoms with Crippen molar-refractivity contribution in [3.8, 4) is 0 Å². The molecule has 0 radical (unpaired) electrons. The molecule has 5 heterocycles. The van der Waals surface area contributed by atoms with Gasteiger partial charge in [-0.3, -0.25) is 4.79 Å². The van der Waals surface area contributed by atoms with Crippen molar-refractivity contribution in [1.82, 2.24) is 25.1 Å². The second-order valence-corrected chi connectivity index (χ2v) is 12.2. The van der Waals surface area contributed by atoms with Gasteiger partial charge in [-0.15, -0.1) is 0 Å². The van der Waals surface area contributed by atoms with Crippen LogP contribution < -0.4 is 26.6 Å². The van der Waals surface area contributed by atoms with Gasteiger partial charge in [-0.1, -0.05) is 0 Å². The summed E-state index contributed by atoms with van der Waals surface area (Å²) in [6.45, 7) is 6.45. The Labute approximate surface area is 280 Å². The standard InChI is InChI=1S/C33H33N7O7.H2S/c1-5-34-30(43)37-15-7-9-20-17(11-15)24-25-19(14-36-28(25)41)23-18-12-16(38-31(44)35-6-2)8-10-21(18)40-27(23)26(24)39(20)22-13-33(45,29(42)46-4)32(40,3)47-22;/h7-12,22,45H,5-6,13-14H2,1-4H3,(H,36,41)(H2,34,37,43)(H2,35,38,44);1H2/t22?,32?,33-;/m0./s1. The topological polar surface area (TPSA) is 177 Å². The summed E-state index contributed by atoms with van der Waals surface area (Å²) in [5, 5.41) is 29.3. The number of carbonyl (C=O) groups is 4. The molecule has 3 atom stereocenters. The van der Waals surface area contributed by atoms with Gasteiger partial charge in [0.2, 0.25) is 5.60 Å². The molecule has 1 fully saturated rings. The zero-order valence-corrected chi connectivity index (χ0v) is 27.7. The lowest BCUT2D eigenvalue weighted by molar-refractivity contribution is -0.202. The highest BCUT2D eigenvalue weighted by atomic mass is 32.1. The number of urea groups is 2. The van der Waals surface area contributed by atoms with Crippen molar-refractivity contribution in [1.29, 1.82) is 0 Å². The molecule has 1 saturated heterocycles. The fraction of sp³-hybridized carbons (Fsp3) is 0.333. The molecule has 0 spiro atoms. The van der Waals surface area contributed by atoms with Gasteiger partial charge in [0.15, 0.2) is 5.72 Å². The molecule has 3 aliphatic heterocycles. The van der Waals surface area contributed by atoms with E-state index in [2.05, 4.69) is 26.6 Å². The molecular weight excluding hydrogens is 638 g/mol. The SMILES string of the molecule is CCNC(=O)Nc1ccc2c(c1)c1c3c(c4c5cc(NC(=O)NCC)ccc5n5c4c1n2C1C[C@](O)(C(=O)OC)C5(C)O1)CNC3=O.S. The summed E-state index contributed by atoms with van der Waals surface area (Å²) < 4.78 is 15.7. The first-order valence-electron chi connectivity index (χ1n) is 15.5. The van der Waals surface area contributed by atoms with Crippen LogP contribution in [0.5, 0.6) is 0 Å². The molecule has 5 aromatic rings. The quantitative estimate of drug-likeness (QED) is 0.153. The number of fused-ring (bicyclic) bond motifs is 13. The number of ether oxygens (including phenoxy) is 2. The minimum atomic E-state index is -2.10. The van der Waals surface area contributed by atoms with Crippen molar-refractivity contribution in [2.75, 3.05) is 30.8 Å². The van der Waals surface area contributed by atoms with Gasteiger partial charge in [0.05, 0.1) is 34.7 Å². The summed E-state index contributed by atoms with van der Waals surface area (Å²) in [4.78, 5) is 52.1. The molecule has 48 heavy (non-hydrogen) atoms. The molecular formula is C33H35N7O7S. The normalized spacial score (nSPS) is 22.0. The van der Waals surface area contributed by atoms with Gasteiger partial charge in [-0.05, 0) is 62.7 Å². The monoisotopic (exact) mass is 673 g/mol. The zero-order valence-electron chi connectivity index (χ0n) is 26.7. The molecule has 6 N–H and O–H groups in total. The average Bonchev–Trinajstić information content (AvgIpc) is 3.73. The lowest BCUT2D eigenvalue weighted by Crippen LogP contribution is -2.56. The van der Waals surface area contributed by atoms with Crippen molar-refractivity contribution in [3.63, 3.8) is 0 Å². The zero-order chi connectivity index (χ0) is 33.0. The Kier molecular flexibility index (Phi) is 7.09. The third-order valence-corrected chi connectivity index (χ3v) is 9.73. The number of aromatic nitrogens is 2. The molecule has 5 amide bonds. The van der Waals surface area contributed by atoms with Gasteiger partial charge >= 0.3 is 18.0 Å². The minimum Gasteiger partial charge on any atom is -0.467 e. The van der Waals surface area contributed by atoms with Crippen LogP contribution in [0.4, 0.5) is 21.0 Å². The summed E-state index contributed by atoms with van der Waals surface area (Å²) in [5.74, 6) is -1.08. The number of nitrogens with one attached hydrogen (secondary N) is 5. The van der Waals surface area contributed by atoms with Crippen molar-refractivity contribution >= 4 is 92.4 Å². The molecule has 2 aromatic heterocycles. The number of esters is 1. The van der Waals surface area contributed by atoms with E-state index in [0.29, 0.717) is 68.3 Å². The largest absolute Gasteiger partial charge is 0.467 e. The van der Waals surface area contributed by atoms with E-state index < -0.39 is 23.5 Å². The Hall–Kier alpha value is -4.99. The van der Waals surface area contributed by atoms with Crippen molar-refractivity contribution in [2.24, 2.45) is 0 Å². The van der Waals surface area contributed by atoms with E-state index in [0.717, 1.165) is 10.9 Å². The van der Waals surface area contributed by atoms with E-state index in [1.54, 1.807) is 19.1 Å². The van der Waals surface area contributed by atoms with Crippen molar-refractivity contribution < 1.29 is 33.8 Å². The van der Waals surface area contributed by atoms with Crippen LogP contribution in [-0.4, -0.2) is 64.0 Å². The Balaban J connectivity index is 0.00000364. The summed E-state index contributed by atoms with van der Waals surface area (Å²) in [5.41, 5.74) is 1.20. The summed E-state index contributed by atoms with van der Waals surface area (Å²) in [6.07, 6.45) is -0.958. The molecule has 0 saturated carbocycles. The second-order valence-electron chi connectivity index (χ2n) is 12.2. The number of aliphatic hydroxyl groups is 1. The first-order valence-corrected chi connectivity index (χ1v) is 15.5. The molecule has 250 valence electrons. The van der Waals surface area contributed by atoms with Crippen LogP contribution in [0.3, 0.4) is 0 Å². The highest BCUT2D eigenvalue weighted by Crippen LogP contribution is 2.58. The van der Waals surface area contributed by atoms with E-state index in [-0.39, 0.29) is 44.4 Å². The minimum absolute atomic E-state index is 0. The predicted molar refractivity (Wildman–Crippen MR) is 185 cm³/mol. The first kappa shape index (κ1) is 31.6. The predicted octanol–water partition coefficient (Wildman–Crippen LogP) is 4.05. The number of anilines is 2. The highest BCUT2D eigenvalue weighted by Gasteiger charge is 2.65. The lowest BCUT2D eigenvalue weighted by Gasteiger charge is -2.37. The number of methoxy groups -OCH3 is 1. The summed E-state index contributed by atoms with van der Waals surface area (Å²) in [7, 11) is 1.23. The van der Waals surface area contributed by atoms with Crippen LogP contribution in [0.25, 0.3) is 43.6 Å². The first-order chi connectivity index (χ1) is 22.6. The Bertz CT molecular complexity index is 2260. The Morgan fingerprint density at radius 2 is 1.58 bits per heavy atom. The highest BCUT2D eigenvalue weighted by molar-refractivity contribution is 7.59. The van der Waals surface area contributed by atoms with E-state index in [9.17, 15) is 24.3 Å². The maximum Gasteiger partial charge on any atom is 0.343 e. The van der Waals surface area contributed by atoms with Gasteiger partial charge in [0, 0.05) is 59.0 Å². The molecule has 2 unspecified atom stereocenters. The summed E-state index contributed by atoms with van der Waals surface area (Å²) >= 11 is 0. The second kappa shape index (κ2) is 10.8. The fourth-order valence-electron chi connectivity index (χ4n) is 7.82. The average molecular weight is 674 g/mol. The van der Waals surface area contributed by atoms with Crippen molar-refractivity contribution in [3.05, 3.63) is 47.5 Å². The molecule has 14 nitrogen and oxygen atoms in total. The number of benzene rings is 3. The fourth-order valence-corrected chi connectivity index (χ4v) is 7.82. The van der Waals surface area contributed by atoms with Crippen LogP contribution >= 0.6 is 13.5 Å². The molecule has 8 rings (SSSR count). The molecule has 3 aromatic carbocycles. The number of carbonyl (C=O) groups excluding carboxylic acids is 4. The van der Waals surface area contributed by atoms with E-state index in [1.807, 2.05) is 47.2 Å². The Morgan fingerprint density at radius 3 is 2.19 bits per heavy atom. The van der Waals surface area contributed by atoms with Gasteiger partial charge in [0.25, 0.3) is 5.91 Å². The number of amides is 5. The molecule has 15 heteroatoms. The van der Waals surface area contributed by atoms with Gasteiger partial charge in [-0.2, -0.15) is 13.5 Å². The van der Waals surface area contributed by atoms with E-state index in [4.69, 9.17) is 9.47 Å². The van der Waals surface area contributed by atoms with Gasteiger partial charge < -0.3 is 50.3 Å². The van der Waals surface area contributed by atoms with Gasteiger partial charge in [-0.25, -0.2) is 14.4 Å². The van der Waals surface area contributed by atoms with E-state index >= 15 is 0 Å². The van der Waals surface area contributed by atoms with Gasteiger partial charge in [0.1, 0.15) is 6.23 Å². The van der Waals surface area contributed by atoms with Crippen LogP contribution in [0.1, 0.15) is 49.3 Å². The third kappa shape index (κ3) is 3.94. The van der Waals surface area contributed by atoms with Crippen LogP contribution in [0.15, 0.2) is 36.4 Å². The molecule has 0 aliphatic carbocycles. The maximum absolute atomic E-state index is 13.7. The number of rotatable bonds is 5. The van der Waals surface area contributed by atoms with Crippen LogP contribution in [-0.2, 0) is 26.5 Å². The van der Waals surface area contributed by atoms with Crippen LogP contribution in [0.2, 0.25) is 0 Å². The smallest absolute Gasteiger partial charge is 0.343 e. The van der Waals surface area contributed by atoms with Crippen LogP contribution in [0, 0.1) is 0 Å². The molecule has 3 aliphatic rings. The number of hydrogen-bond acceptors (Lipinski definition) is 7. The van der Waals surface area contributed by atoms with E-state index in [1.165, 1.54) is 7.11 Å². The number of nitrogens with zero attached hydrogens (tertiary/aromatic N) is 2. The Morgan fingerprint density at radius 1 is 0.979 bits per heavy atom. The van der Waals surface area contributed by atoms with Crippen molar-refractivity contribution in [2.45, 2.75) is 51.3 Å². The third-order valence-electron chi connectivity index (χ3n) is 9.73. The number of hydrogen-bond donors (Lipinski definition) is 6. The molecule has 2 bridgehead atoms. The lowest BCUT2D eigenvalue weighted by atomic mass is 9.88. The summed E-state index contributed by atoms with van der Waals surface area (Å²) in [6, 6.07) is 10.1.